The van der Waals surface area contributed by atoms with Crippen molar-refractivity contribution in [1.82, 2.24) is 9.80 Å². The van der Waals surface area contributed by atoms with Gasteiger partial charge in [-0.3, -0.25) is 9.79 Å². The largest absolute Gasteiger partial charge is 0.480 e. The minimum atomic E-state index is -0.943. The minimum Gasteiger partial charge on any atom is -0.480 e. The summed E-state index contributed by atoms with van der Waals surface area (Å²) in [6.45, 7) is 7.74. The fourth-order valence-corrected chi connectivity index (χ4v) is 5.59. The van der Waals surface area contributed by atoms with Crippen LogP contribution in [-0.2, 0) is 14.3 Å². The molecule has 28 heavy (non-hydrogen) atoms. The quantitative estimate of drug-likeness (QED) is 0.254. The molecule has 3 saturated heterocycles. The maximum atomic E-state index is 12.4. The van der Waals surface area contributed by atoms with Crippen molar-refractivity contribution in [3.05, 3.63) is 0 Å². The Hall–Kier alpha value is -1.03. The van der Waals surface area contributed by atoms with Gasteiger partial charge in [0.2, 0.25) is 0 Å². The second-order valence-corrected chi connectivity index (χ2v) is 9.77. The van der Waals surface area contributed by atoms with Crippen molar-refractivity contribution in [3.8, 4) is 0 Å². The predicted molar refractivity (Wildman–Crippen MR) is 112 cm³/mol. The van der Waals surface area contributed by atoms with Gasteiger partial charge in [-0.05, 0) is 45.6 Å². The van der Waals surface area contributed by atoms with E-state index in [1.54, 1.807) is 6.34 Å². The number of halogens is 1. The molecule has 0 unspecified atom stereocenters. The zero-order valence-corrected chi connectivity index (χ0v) is 18.1. The first kappa shape index (κ1) is 23.3. The van der Waals surface area contributed by atoms with Crippen molar-refractivity contribution >= 4 is 42.4 Å². The summed E-state index contributed by atoms with van der Waals surface area (Å²) in [5.74, 6) is -0.554. The molecule has 3 fully saturated rings. The van der Waals surface area contributed by atoms with Crippen LogP contribution in [0.2, 0.25) is 0 Å². The molecule has 0 saturated carbocycles. The fourth-order valence-electron chi connectivity index (χ4n) is 3.97. The van der Waals surface area contributed by atoms with Crippen LogP contribution in [0.25, 0.3) is 0 Å². The Balaban J connectivity index is 0.00000280. The Morgan fingerprint density at radius 2 is 2.11 bits per heavy atom. The number of piperidine rings is 1. The van der Waals surface area contributed by atoms with Crippen molar-refractivity contribution in [2.45, 2.75) is 55.3 Å². The highest BCUT2D eigenvalue weighted by molar-refractivity contribution is 8.01. The van der Waals surface area contributed by atoms with Crippen LogP contribution in [0.5, 0.6) is 0 Å². The number of hydrogen-bond acceptors (Lipinski definition) is 6. The molecule has 3 atom stereocenters. The molecule has 3 rings (SSSR count). The van der Waals surface area contributed by atoms with Crippen molar-refractivity contribution in [1.29, 1.82) is 0 Å². The lowest BCUT2D eigenvalue weighted by Crippen LogP contribution is -2.65. The molecule has 0 radical (unpaired) electrons. The summed E-state index contributed by atoms with van der Waals surface area (Å²) >= 11 is 1.53. The van der Waals surface area contributed by atoms with Gasteiger partial charge in [0.05, 0.1) is 6.34 Å². The number of likely N-dealkylation sites (tertiary alicyclic amines) is 1. The van der Waals surface area contributed by atoms with Crippen molar-refractivity contribution in [3.63, 3.8) is 0 Å². The Morgan fingerprint density at radius 3 is 2.71 bits per heavy atom. The molecular weight excluding hydrogens is 404 g/mol. The van der Waals surface area contributed by atoms with Crippen LogP contribution in [-0.4, -0.2) is 88.2 Å². The highest BCUT2D eigenvalue weighted by atomic mass is 35.5. The summed E-state index contributed by atoms with van der Waals surface area (Å²) in [5, 5.41) is 9.29. The SMILES string of the molecule is CC1(C)S[C@@H]2[C@H](N=CN3CCC(COCCCN)CC3)C(=O)N2[C@H]1C(=O)O.Cl. The number of β-lactam (4-membered cyclic amide) rings is 1. The zero-order valence-electron chi connectivity index (χ0n) is 16.5. The third-order valence-corrected chi connectivity index (χ3v) is 7.09. The highest BCUT2D eigenvalue weighted by Crippen LogP contribution is 2.51. The van der Waals surface area contributed by atoms with Gasteiger partial charge in [-0.25, -0.2) is 4.79 Å². The van der Waals surface area contributed by atoms with Crippen molar-refractivity contribution in [2.24, 2.45) is 16.6 Å². The van der Waals surface area contributed by atoms with Crippen LogP contribution in [0.1, 0.15) is 33.1 Å². The van der Waals surface area contributed by atoms with Gasteiger partial charge in [0.15, 0.2) is 6.04 Å². The van der Waals surface area contributed by atoms with Crippen LogP contribution in [0.15, 0.2) is 4.99 Å². The van der Waals surface area contributed by atoms with Gasteiger partial charge in [-0.1, -0.05) is 0 Å². The van der Waals surface area contributed by atoms with E-state index < -0.39 is 22.8 Å². The van der Waals surface area contributed by atoms with Crippen LogP contribution in [0.4, 0.5) is 0 Å². The number of carbonyl (C=O) groups is 2. The maximum absolute atomic E-state index is 12.4. The van der Waals surface area contributed by atoms with Gasteiger partial charge < -0.3 is 25.4 Å². The van der Waals surface area contributed by atoms with E-state index in [0.717, 1.165) is 45.6 Å². The van der Waals surface area contributed by atoms with Crippen LogP contribution in [0, 0.1) is 5.92 Å². The number of hydrogen-bond donors (Lipinski definition) is 2. The number of fused-ring (bicyclic) bond motifs is 1. The molecular formula is C18H31ClN4O4S. The molecule has 8 nitrogen and oxygen atoms in total. The third-order valence-electron chi connectivity index (χ3n) is 5.53. The van der Waals surface area contributed by atoms with E-state index in [1.165, 1.54) is 16.7 Å². The molecule has 0 aromatic heterocycles. The Kier molecular flexibility index (Phi) is 8.01. The van der Waals surface area contributed by atoms with E-state index in [4.69, 9.17) is 10.5 Å². The van der Waals surface area contributed by atoms with E-state index in [9.17, 15) is 14.7 Å². The summed E-state index contributed by atoms with van der Waals surface area (Å²) < 4.78 is 5.15. The number of carbonyl (C=O) groups excluding carboxylic acids is 1. The van der Waals surface area contributed by atoms with Gasteiger partial charge in [0, 0.05) is 31.1 Å². The topological polar surface area (TPSA) is 108 Å². The normalized spacial score (nSPS) is 29.5. The minimum absolute atomic E-state index is 0. The standard InChI is InChI=1S/C18H30N4O4S.ClH/c1-18(2)14(17(24)25)22-15(23)13(16(22)27-18)20-11-21-7-4-12(5-8-21)10-26-9-3-6-19;/h11-14,16H,3-10,19H2,1-2H3,(H,24,25);1H/t13-,14+,16-;/m1./s1. The van der Waals surface area contributed by atoms with Crippen LogP contribution < -0.4 is 5.73 Å². The summed E-state index contributed by atoms with van der Waals surface area (Å²) in [6.07, 6.45) is 4.78. The first-order valence-corrected chi connectivity index (χ1v) is 10.5. The lowest BCUT2D eigenvalue weighted by molar-refractivity contribution is -0.158. The first-order chi connectivity index (χ1) is 12.8. The second kappa shape index (κ2) is 9.65. The van der Waals surface area contributed by atoms with E-state index in [0.29, 0.717) is 12.5 Å². The fraction of sp³-hybridized carbons (Fsp3) is 0.833. The lowest BCUT2D eigenvalue weighted by Gasteiger charge is -2.41. The number of carboxylic acid groups (broad SMARTS) is 1. The molecule has 3 heterocycles. The lowest BCUT2D eigenvalue weighted by atomic mass is 9.96. The van der Waals surface area contributed by atoms with E-state index in [2.05, 4.69) is 9.89 Å². The summed E-state index contributed by atoms with van der Waals surface area (Å²) in [4.78, 5) is 32.1. The molecule has 0 aliphatic carbocycles. The highest BCUT2D eigenvalue weighted by Gasteiger charge is 2.63. The summed E-state index contributed by atoms with van der Waals surface area (Å²) in [6, 6.07) is -1.24. The number of nitrogens with two attached hydrogens (primary N) is 1. The van der Waals surface area contributed by atoms with Gasteiger partial charge in [-0.15, -0.1) is 24.2 Å². The molecule has 0 bridgehead atoms. The van der Waals surface area contributed by atoms with E-state index >= 15 is 0 Å². The van der Waals surface area contributed by atoms with Gasteiger partial charge in [0.1, 0.15) is 11.4 Å². The summed E-state index contributed by atoms with van der Waals surface area (Å²) in [5.41, 5.74) is 5.46. The number of aliphatic carboxylic acids is 1. The smallest absolute Gasteiger partial charge is 0.327 e. The van der Waals surface area contributed by atoms with E-state index in [-0.39, 0.29) is 23.7 Å². The number of nitrogens with zero attached hydrogens (tertiary/aromatic N) is 3. The number of rotatable bonds is 8. The van der Waals surface area contributed by atoms with Crippen molar-refractivity contribution in [2.75, 3.05) is 32.8 Å². The Morgan fingerprint density at radius 1 is 1.43 bits per heavy atom. The Labute approximate surface area is 176 Å². The second-order valence-electron chi connectivity index (χ2n) is 8.00. The molecule has 1 amide bonds. The summed E-state index contributed by atoms with van der Waals surface area (Å²) in [7, 11) is 0. The predicted octanol–water partition coefficient (Wildman–Crippen LogP) is 1.03. The molecule has 0 aromatic rings. The van der Waals surface area contributed by atoms with Gasteiger partial charge in [0.25, 0.3) is 5.91 Å². The van der Waals surface area contributed by atoms with Gasteiger partial charge >= 0.3 is 5.97 Å². The first-order valence-electron chi connectivity index (χ1n) is 9.63. The number of thioether (sulfide) groups is 1. The number of carboxylic acids is 1. The molecule has 0 aromatic carbocycles. The number of ether oxygens (including phenoxy) is 1. The maximum Gasteiger partial charge on any atom is 0.327 e. The number of aliphatic imine (C=N–C) groups is 1. The molecule has 10 heteroatoms. The van der Waals surface area contributed by atoms with Crippen LogP contribution >= 0.6 is 24.2 Å². The molecule has 0 spiro atoms. The number of amides is 1. The third kappa shape index (κ3) is 4.75. The molecule has 3 N–H and O–H groups in total. The van der Waals surface area contributed by atoms with Crippen LogP contribution in [0.3, 0.4) is 0 Å². The molecule has 3 aliphatic rings. The zero-order chi connectivity index (χ0) is 19.6. The monoisotopic (exact) mass is 434 g/mol. The van der Waals surface area contributed by atoms with Crippen molar-refractivity contribution < 1.29 is 19.4 Å². The molecule has 160 valence electrons. The average Bonchev–Trinajstić information content (AvgIpc) is 2.88. The van der Waals surface area contributed by atoms with Gasteiger partial charge in [-0.2, -0.15) is 0 Å². The van der Waals surface area contributed by atoms with E-state index in [1.807, 2.05) is 13.8 Å². The Bertz CT molecular complexity index is 598. The average molecular weight is 435 g/mol. The molecule has 3 aliphatic heterocycles.